The average Bonchev–Trinajstić information content (AvgIpc) is 3.00. The number of amides is 1. The molecule has 1 amide bonds. The Morgan fingerprint density at radius 3 is 2.95 bits per heavy atom. The number of benzene rings is 1. The molecule has 0 saturated carbocycles. The number of hydrogen-bond acceptors (Lipinski definition) is 5. The zero-order valence-electron chi connectivity index (χ0n) is 12.2. The number of ether oxygens (including phenoxy) is 1. The van der Waals surface area contributed by atoms with E-state index in [-0.39, 0.29) is 11.9 Å². The molecule has 2 heterocycles. The largest absolute Gasteiger partial charge is 0.457 e. The van der Waals surface area contributed by atoms with Crippen LogP contribution in [0.4, 0.5) is 0 Å². The Balaban J connectivity index is 1.88. The lowest BCUT2D eigenvalue weighted by molar-refractivity contribution is -0.124. The van der Waals surface area contributed by atoms with Gasteiger partial charge >= 0.3 is 0 Å². The van der Waals surface area contributed by atoms with E-state index in [1.165, 1.54) is 11.8 Å². The Hall–Kier alpha value is -1.63. The lowest BCUT2D eigenvalue weighted by Crippen LogP contribution is -2.39. The van der Waals surface area contributed by atoms with Crippen molar-refractivity contribution in [2.45, 2.75) is 13.0 Å². The van der Waals surface area contributed by atoms with Crippen molar-refractivity contribution in [2.24, 2.45) is 0 Å². The predicted molar refractivity (Wildman–Crippen MR) is 92.6 cm³/mol. The van der Waals surface area contributed by atoms with Crippen LogP contribution in [0.5, 0.6) is 0 Å². The Labute approximate surface area is 138 Å². The monoisotopic (exact) mass is 333 g/mol. The van der Waals surface area contributed by atoms with Gasteiger partial charge in [-0.15, -0.1) is 0 Å². The fraction of sp³-hybridized carbons (Fsp3) is 0.250. The smallest absolute Gasteiger partial charge is 0.266 e. The standard InChI is InChI=1S/C16H15NO3S2/c1-10(9-19-2)17-15(18)14(22-16(17)21)8-12-7-11-5-3-4-6-13(11)20-12/h3-8,10H,9H2,1-2H3. The van der Waals surface area contributed by atoms with Crippen LogP contribution in [0.25, 0.3) is 17.0 Å². The summed E-state index contributed by atoms with van der Waals surface area (Å²) in [6, 6.07) is 9.58. The summed E-state index contributed by atoms with van der Waals surface area (Å²) in [5, 5.41) is 1.01. The fourth-order valence-corrected chi connectivity index (χ4v) is 3.82. The molecule has 1 fully saturated rings. The second-order valence-corrected chi connectivity index (χ2v) is 6.72. The third-order valence-electron chi connectivity index (χ3n) is 3.39. The molecule has 1 aliphatic rings. The van der Waals surface area contributed by atoms with Crippen LogP contribution in [-0.4, -0.2) is 34.9 Å². The first-order chi connectivity index (χ1) is 10.6. The summed E-state index contributed by atoms with van der Waals surface area (Å²) in [5.74, 6) is 0.557. The van der Waals surface area contributed by atoms with Crippen LogP contribution >= 0.6 is 24.0 Å². The third kappa shape index (κ3) is 2.82. The van der Waals surface area contributed by atoms with Gasteiger partial charge in [0, 0.05) is 18.6 Å². The average molecular weight is 333 g/mol. The summed E-state index contributed by atoms with van der Waals surface area (Å²) in [6.07, 6.45) is 1.75. The number of carbonyl (C=O) groups is 1. The summed E-state index contributed by atoms with van der Waals surface area (Å²) in [7, 11) is 1.61. The molecule has 114 valence electrons. The Kier molecular flexibility index (Phi) is 4.33. The molecule has 1 unspecified atom stereocenters. The lowest BCUT2D eigenvalue weighted by atomic mass is 10.2. The van der Waals surface area contributed by atoms with E-state index < -0.39 is 0 Å². The Morgan fingerprint density at radius 2 is 2.23 bits per heavy atom. The molecule has 4 nitrogen and oxygen atoms in total. The van der Waals surface area contributed by atoms with E-state index in [9.17, 15) is 4.79 Å². The number of thiocarbonyl (C=S) groups is 1. The normalized spacial score (nSPS) is 18.6. The Morgan fingerprint density at radius 1 is 1.45 bits per heavy atom. The number of furan rings is 1. The highest BCUT2D eigenvalue weighted by molar-refractivity contribution is 8.26. The van der Waals surface area contributed by atoms with Crippen molar-refractivity contribution in [2.75, 3.05) is 13.7 Å². The molecule has 0 aliphatic carbocycles. The molecule has 0 bridgehead atoms. The number of para-hydroxylation sites is 1. The van der Waals surface area contributed by atoms with Gasteiger partial charge in [0.1, 0.15) is 15.7 Å². The molecule has 2 aromatic rings. The molecular formula is C16H15NO3S2. The van der Waals surface area contributed by atoms with Crippen LogP contribution in [0.3, 0.4) is 0 Å². The van der Waals surface area contributed by atoms with Gasteiger partial charge in [-0.1, -0.05) is 42.2 Å². The van der Waals surface area contributed by atoms with Crippen LogP contribution < -0.4 is 0 Å². The molecule has 1 aliphatic heterocycles. The van der Waals surface area contributed by atoms with Gasteiger partial charge < -0.3 is 9.15 Å². The van der Waals surface area contributed by atoms with Crippen molar-refractivity contribution in [3.05, 3.63) is 41.0 Å². The predicted octanol–water partition coefficient (Wildman–Crippen LogP) is 3.67. The van der Waals surface area contributed by atoms with Gasteiger partial charge in [0.25, 0.3) is 5.91 Å². The van der Waals surface area contributed by atoms with E-state index in [0.29, 0.717) is 21.6 Å². The molecule has 0 radical (unpaired) electrons. The van der Waals surface area contributed by atoms with Crippen molar-refractivity contribution in [1.29, 1.82) is 0 Å². The van der Waals surface area contributed by atoms with E-state index in [1.54, 1.807) is 18.1 Å². The molecule has 1 aromatic carbocycles. The van der Waals surface area contributed by atoms with E-state index in [2.05, 4.69) is 0 Å². The minimum absolute atomic E-state index is 0.0842. The van der Waals surface area contributed by atoms with E-state index in [0.717, 1.165) is 11.0 Å². The van der Waals surface area contributed by atoms with Crippen LogP contribution in [-0.2, 0) is 9.53 Å². The number of nitrogens with zero attached hydrogens (tertiary/aromatic N) is 1. The molecule has 6 heteroatoms. The highest BCUT2D eigenvalue weighted by Crippen LogP contribution is 2.34. The molecule has 22 heavy (non-hydrogen) atoms. The number of fused-ring (bicyclic) bond motifs is 1. The van der Waals surface area contributed by atoms with Crippen molar-refractivity contribution in [3.63, 3.8) is 0 Å². The summed E-state index contributed by atoms with van der Waals surface area (Å²) in [5.41, 5.74) is 0.803. The highest BCUT2D eigenvalue weighted by atomic mass is 32.2. The maximum Gasteiger partial charge on any atom is 0.266 e. The van der Waals surface area contributed by atoms with Crippen LogP contribution in [0, 0.1) is 0 Å². The van der Waals surface area contributed by atoms with Crippen molar-refractivity contribution in [3.8, 4) is 0 Å². The number of thioether (sulfide) groups is 1. The van der Waals surface area contributed by atoms with Gasteiger partial charge in [-0.2, -0.15) is 0 Å². The summed E-state index contributed by atoms with van der Waals surface area (Å²) >= 11 is 6.60. The number of rotatable bonds is 4. The highest BCUT2D eigenvalue weighted by Gasteiger charge is 2.35. The molecule has 1 atom stereocenters. The third-order valence-corrected chi connectivity index (χ3v) is 4.72. The first kappa shape index (κ1) is 15.3. The second-order valence-electron chi connectivity index (χ2n) is 5.04. The molecule has 3 rings (SSSR count). The van der Waals surface area contributed by atoms with Crippen molar-refractivity contribution < 1.29 is 13.9 Å². The molecule has 1 aromatic heterocycles. The van der Waals surface area contributed by atoms with Gasteiger partial charge in [0.15, 0.2) is 0 Å². The summed E-state index contributed by atoms with van der Waals surface area (Å²) in [4.78, 5) is 14.7. The van der Waals surface area contributed by atoms with Crippen LogP contribution in [0.2, 0.25) is 0 Å². The van der Waals surface area contributed by atoms with Crippen molar-refractivity contribution in [1.82, 2.24) is 4.90 Å². The van der Waals surface area contributed by atoms with Gasteiger partial charge in [-0.3, -0.25) is 9.69 Å². The van der Waals surface area contributed by atoms with Crippen LogP contribution in [0.1, 0.15) is 12.7 Å². The maximum atomic E-state index is 12.5. The summed E-state index contributed by atoms with van der Waals surface area (Å²) in [6.45, 7) is 2.36. The van der Waals surface area contributed by atoms with Gasteiger partial charge in [-0.05, 0) is 19.1 Å². The molecular weight excluding hydrogens is 318 g/mol. The van der Waals surface area contributed by atoms with Gasteiger partial charge in [-0.25, -0.2) is 0 Å². The number of hydrogen-bond donors (Lipinski definition) is 0. The van der Waals surface area contributed by atoms with Gasteiger partial charge in [0.05, 0.1) is 17.6 Å². The number of carbonyl (C=O) groups excluding carboxylic acids is 1. The first-order valence-corrected chi connectivity index (χ1v) is 8.07. The van der Waals surface area contributed by atoms with Gasteiger partial charge in [0.2, 0.25) is 0 Å². The lowest BCUT2D eigenvalue weighted by Gasteiger charge is -2.22. The first-order valence-electron chi connectivity index (χ1n) is 6.84. The minimum Gasteiger partial charge on any atom is -0.457 e. The zero-order chi connectivity index (χ0) is 15.7. The maximum absolute atomic E-state index is 12.5. The summed E-state index contributed by atoms with van der Waals surface area (Å²) < 4.78 is 11.4. The zero-order valence-corrected chi connectivity index (χ0v) is 13.9. The molecule has 0 N–H and O–H groups in total. The van der Waals surface area contributed by atoms with Crippen LogP contribution in [0.15, 0.2) is 39.7 Å². The minimum atomic E-state index is -0.0972. The second kappa shape index (κ2) is 6.24. The van der Waals surface area contributed by atoms with E-state index >= 15 is 0 Å². The number of methoxy groups -OCH3 is 1. The van der Waals surface area contributed by atoms with Crippen molar-refractivity contribution >= 4 is 51.3 Å². The van der Waals surface area contributed by atoms with E-state index in [4.69, 9.17) is 21.4 Å². The quantitative estimate of drug-likeness (QED) is 0.631. The topological polar surface area (TPSA) is 42.7 Å². The Bertz CT molecular complexity index is 733. The molecule has 0 spiro atoms. The van der Waals surface area contributed by atoms with E-state index in [1.807, 2.05) is 37.3 Å². The SMILES string of the molecule is COCC(C)N1C(=O)C(=Cc2cc3ccccc3o2)SC1=S. The fourth-order valence-electron chi connectivity index (χ4n) is 2.38. The molecule has 1 saturated heterocycles.